The quantitative estimate of drug-likeness (QED) is 0.242. The normalized spacial score (nSPS) is 17.7. The van der Waals surface area contributed by atoms with Gasteiger partial charge in [0.15, 0.2) is 6.10 Å². The van der Waals surface area contributed by atoms with Gasteiger partial charge in [0.1, 0.15) is 0 Å². The molecular weight excluding hydrogens is 536 g/mol. The van der Waals surface area contributed by atoms with Crippen molar-refractivity contribution in [1.29, 1.82) is 0 Å². The first-order chi connectivity index (χ1) is 15.3. The summed E-state index contributed by atoms with van der Waals surface area (Å²) in [5.41, 5.74) is 4.59. The number of aliphatic hydroxyl groups is 1. The first kappa shape index (κ1) is 26.0. The summed E-state index contributed by atoms with van der Waals surface area (Å²) in [6.07, 6.45) is -5.27. The molecule has 1 unspecified atom stereocenters. The van der Waals surface area contributed by atoms with Crippen LogP contribution in [0.1, 0.15) is 68.9 Å². The number of fused-ring (bicyclic) bond motifs is 2. The van der Waals surface area contributed by atoms with E-state index in [1.54, 1.807) is 0 Å². The number of benzene rings is 3. The lowest BCUT2D eigenvalue weighted by molar-refractivity contribution is -0.206. The van der Waals surface area contributed by atoms with Crippen molar-refractivity contribution in [2.75, 3.05) is 4.93 Å². The van der Waals surface area contributed by atoms with Gasteiger partial charge in [-0.25, -0.2) is 0 Å². The van der Waals surface area contributed by atoms with E-state index in [-0.39, 0.29) is 16.4 Å². The summed E-state index contributed by atoms with van der Waals surface area (Å²) >= 11 is 2.15. The highest BCUT2D eigenvalue weighted by Gasteiger charge is 2.42. The van der Waals surface area contributed by atoms with E-state index in [0.717, 1.165) is 34.9 Å². The molecule has 178 valence electrons. The van der Waals surface area contributed by atoms with Crippen LogP contribution >= 0.6 is 22.6 Å². The average molecular weight is 568 g/mol. The summed E-state index contributed by atoms with van der Waals surface area (Å²) in [5.74, 6) is 0. The summed E-state index contributed by atoms with van der Waals surface area (Å²) in [7, 11) is 0. The van der Waals surface area contributed by atoms with Crippen molar-refractivity contribution in [2.45, 2.75) is 70.6 Å². The maximum absolute atomic E-state index is 13.6. The molecule has 1 nitrogen and oxygen atoms in total. The third-order valence-electron chi connectivity index (χ3n) is 6.95. The third kappa shape index (κ3) is 5.09. The first-order valence-corrected chi connectivity index (χ1v) is 13.3. The van der Waals surface area contributed by atoms with Gasteiger partial charge in [0.05, 0.1) is 0 Å². The molecule has 1 aliphatic carbocycles. The minimum absolute atomic E-state index is 0.0539. The maximum atomic E-state index is 13.6. The molecule has 0 aliphatic heterocycles. The Bertz CT molecular complexity index is 1140. The molecule has 0 heterocycles. The molecule has 0 saturated carbocycles. The molecule has 0 bridgehead atoms. The zero-order chi connectivity index (χ0) is 24.8. The van der Waals surface area contributed by atoms with Gasteiger partial charge in [-0.05, 0) is 92.3 Å². The zero-order valence-electron chi connectivity index (χ0n) is 20.1. The smallest absolute Gasteiger partial charge is 0.379 e. The second-order valence-electron chi connectivity index (χ2n) is 10.3. The topological polar surface area (TPSA) is 20.2 Å². The van der Waals surface area contributed by atoms with Crippen molar-refractivity contribution in [3.63, 3.8) is 0 Å². The standard InChI is InChI=1S/C27H29F3O.CH3I/c1-16-6-8-17(9-7-16)18-12-19-14-22-23(26(4,5)11-10-25(22,2)3)15-20(19)21(13-18)24(31)27(28,29)30;1-2/h6-9,12-15,24,31H,10-11H2,1-5H3;1H3. The Morgan fingerprint density at radius 2 is 1.33 bits per heavy atom. The van der Waals surface area contributed by atoms with Gasteiger partial charge < -0.3 is 5.11 Å². The number of rotatable bonds is 2. The fraction of sp³-hybridized carbons (Fsp3) is 0.429. The number of hydrogen-bond acceptors (Lipinski definition) is 1. The molecule has 1 aliphatic rings. The second kappa shape index (κ2) is 9.21. The molecule has 1 atom stereocenters. The number of aliphatic hydroxyl groups excluding tert-OH is 1. The predicted molar refractivity (Wildman–Crippen MR) is 140 cm³/mol. The van der Waals surface area contributed by atoms with Crippen LogP contribution in [-0.2, 0) is 10.8 Å². The molecule has 3 aromatic rings. The van der Waals surface area contributed by atoms with Gasteiger partial charge in [0.2, 0.25) is 0 Å². The number of hydrogen-bond donors (Lipinski definition) is 1. The van der Waals surface area contributed by atoms with E-state index in [0.29, 0.717) is 10.9 Å². The summed E-state index contributed by atoms with van der Waals surface area (Å²) in [6, 6.07) is 15.1. The van der Waals surface area contributed by atoms with Crippen molar-refractivity contribution >= 4 is 33.4 Å². The molecule has 0 aromatic heterocycles. The van der Waals surface area contributed by atoms with Gasteiger partial charge in [0, 0.05) is 0 Å². The van der Waals surface area contributed by atoms with Gasteiger partial charge in [0.25, 0.3) is 0 Å². The molecule has 0 amide bonds. The Morgan fingerprint density at radius 3 is 1.85 bits per heavy atom. The molecule has 33 heavy (non-hydrogen) atoms. The molecule has 1 N–H and O–H groups in total. The zero-order valence-corrected chi connectivity index (χ0v) is 22.2. The maximum Gasteiger partial charge on any atom is 0.418 e. The lowest BCUT2D eigenvalue weighted by Gasteiger charge is -2.42. The number of aryl methyl sites for hydroxylation is 1. The molecule has 4 rings (SSSR count). The summed E-state index contributed by atoms with van der Waals surface area (Å²) in [4.78, 5) is 1.97. The Morgan fingerprint density at radius 1 is 0.818 bits per heavy atom. The third-order valence-corrected chi connectivity index (χ3v) is 6.95. The largest absolute Gasteiger partial charge is 0.418 e. The molecule has 5 heteroatoms. The van der Waals surface area contributed by atoms with Crippen LogP contribution in [0, 0.1) is 6.92 Å². The van der Waals surface area contributed by atoms with E-state index >= 15 is 0 Å². The highest BCUT2D eigenvalue weighted by Crippen LogP contribution is 2.48. The van der Waals surface area contributed by atoms with E-state index in [2.05, 4.69) is 56.4 Å². The first-order valence-electron chi connectivity index (χ1n) is 11.1. The predicted octanol–water partition coefficient (Wildman–Crippen LogP) is 8.81. The van der Waals surface area contributed by atoms with Gasteiger partial charge in [-0.2, -0.15) is 13.2 Å². The molecule has 0 spiro atoms. The van der Waals surface area contributed by atoms with Crippen LogP contribution in [0.4, 0.5) is 13.2 Å². The van der Waals surface area contributed by atoms with Crippen molar-refractivity contribution in [2.24, 2.45) is 0 Å². The monoisotopic (exact) mass is 568 g/mol. The Hall–Kier alpha value is -1.60. The fourth-order valence-electron chi connectivity index (χ4n) is 4.77. The summed E-state index contributed by atoms with van der Waals surface area (Å²) in [6.45, 7) is 10.7. The van der Waals surface area contributed by atoms with Crippen LogP contribution in [0.25, 0.3) is 21.9 Å². The van der Waals surface area contributed by atoms with Gasteiger partial charge >= 0.3 is 6.18 Å². The van der Waals surface area contributed by atoms with Crippen molar-refractivity contribution in [3.8, 4) is 11.1 Å². The summed E-state index contributed by atoms with van der Waals surface area (Å²) in [5, 5.41) is 11.5. The van der Waals surface area contributed by atoms with Crippen LogP contribution in [0.3, 0.4) is 0 Å². The second-order valence-corrected chi connectivity index (χ2v) is 10.3. The summed E-state index contributed by atoms with van der Waals surface area (Å²) < 4.78 is 40.8. The Kier molecular flexibility index (Phi) is 7.26. The van der Waals surface area contributed by atoms with Crippen LogP contribution < -0.4 is 0 Å². The van der Waals surface area contributed by atoms with Crippen LogP contribution in [-0.4, -0.2) is 16.2 Å². The lowest BCUT2D eigenvalue weighted by atomic mass is 9.62. The minimum atomic E-state index is -4.73. The molecule has 0 saturated heterocycles. The van der Waals surface area contributed by atoms with Crippen LogP contribution in [0.5, 0.6) is 0 Å². The Balaban J connectivity index is 0.00000149. The van der Waals surface area contributed by atoms with E-state index in [1.807, 2.05) is 48.3 Å². The SMILES string of the molecule is CI.Cc1ccc(-c2cc(C(O)C(F)(F)F)c3cc4c(cc3c2)C(C)(C)CCC4(C)C)cc1. The van der Waals surface area contributed by atoms with Gasteiger partial charge in [-0.3, -0.25) is 0 Å². The fourth-order valence-corrected chi connectivity index (χ4v) is 4.77. The molecule has 0 radical (unpaired) electrons. The van der Waals surface area contributed by atoms with Gasteiger partial charge in [-0.15, -0.1) is 0 Å². The van der Waals surface area contributed by atoms with E-state index in [1.165, 1.54) is 11.6 Å². The number of alkyl halides is 4. The molecule has 0 fully saturated rings. The van der Waals surface area contributed by atoms with E-state index in [9.17, 15) is 18.3 Å². The van der Waals surface area contributed by atoms with Crippen LogP contribution in [0.15, 0.2) is 48.5 Å². The van der Waals surface area contributed by atoms with Crippen molar-refractivity contribution < 1.29 is 18.3 Å². The minimum Gasteiger partial charge on any atom is -0.379 e. The lowest BCUT2D eigenvalue weighted by Crippen LogP contribution is -2.33. The van der Waals surface area contributed by atoms with E-state index < -0.39 is 12.3 Å². The van der Waals surface area contributed by atoms with Gasteiger partial charge in [-0.1, -0.05) is 86.2 Å². The van der Waals surface area contributed by atoms with Crippen molar-refractivity contribution in [1.82, 2.24) is 0 Å². The Labute approximate surface area is 208 Å². The highest BCUT2D eigenvalue weighted by atomic mass is 127. The highest BCUT2D eigenvalue weighted by molar-refractivity contribution is 14.1. The average Bonchev–Trinajstić information content (AvgIpc) is 2.76. The van der Waals surface area contributed by atoms with E-state index in [4.69, 9.17) is 0 Å². The molecule has 3 aromatic carbocycles. The van der Waals surface area contributed by atoms with Crippen LogP contribution in [0.2, 0.25) is 0 Å². The molecular formula is C28H32F3IO. The van der Waals surface area contributed by atoms with Crippen molar-refractivity contribution in [3.05, 3.63) is 70.8 Å². The number of halogens is 4.